The fourth-order valence-corrected chi connectivity index (χ4v) is 5.08. The molecule has 1 saturated carbocycles. The highest BCUT2D eigenvalue weighted by Crippen LogP contribution is 2.34. The first-order chi connectivity index (χ1) is 14.9. The average molecular weight is 447 g/mol. The van der Waals surface area contributed by atoms with E-state index in [-0.39, 0.29) is 0 Å². The standard InChI is InChI=1S/C26H48F2O3/c1-3-5-21-31-24-18-11-8-10-16-23(17-13-19-24)22(14-4-2)15-9-6-7-12-20-26(27,28)25(29)30/h22-24H,3-21H2,1-2H3,(H,29,30). The van der Waals surface area contributed by atoms with Crippen LogP contribution in [0, 0.1) is 11.8 Å². The van der Waals surface area contributed by atoms with Gasteiger partial charge in [-0.05, 0) is 37.5 Å². The van der Waals surface area contributed by atoms with E-state index in [2.05, 4.69) is 13.8 Å². The van der Waals surface area contributed by atoms with Crippen molar-refractivity contribution in [2.45, 2.75) is 141 Å². The van der Waals surface area contributed by atoms with Crippen LogP contribution in [-0.2, 0) is 9.53 Å². The summed E-state index contributed by atoms with van der Waals surface area (Å²) in [6.07, 6.45) is 19.1. The van der Waals surface area contributed by atoms with Crippen molar-refractivity contribution in [2.24, 2.45) is 11.8 Å². The van der Waals surface area contributed by atoms with Gasteiger partial charge in [-0.3, -0.25) is 0 Å². The lowest BCUT2D eigenvalue weighted by Crippen LogP contribution is -2.27. The third kappa shape index (κ3) is 12.8. The molecule has 0 amide bonds. The molecule has 3 nitrogen and oxygen atoms in total. The molecular formula is C26H48F2O3. The Morgan fingerprint density at radius 3 is 2.29 bits per heavy atom. The van der Waals surface area contributed by atoms with Crippen molar-refractivity contribution in [3.63, 3.8) is 0 Å². The lowest BCUT2D eigenvalue weighted by atomic mass is 9.78. The molecule has 1 rings (SSSR count). The zero-order chi connectivity index (χ0) is 23.0. The van der Waals surface area contributed by atoms with Crippen LogP contribution in [0.25, 0.3) is 0 Å². The summed E-state index contributed by atoms with van der Waals surface area (Å²) in [5.74, 6) is -4.04. The van der Waals surface area contributed by atoms with Gasteiger partial charge in [-0.2, -0.15) is 8.78 Å². The van der Waals surface area contributed by atoms with Gasteiger partial charge in [0.2, 0.25) is 0 Å². The second kappa shape index (κ2) is 16.9. The molecule has 0 heterocycles. The summed E-state index contributed by atoms with van der Waals surface area (Å²) in [5.41, 5.74) is 0. The molecular weight excluding hydrogens is 398 g/mol. The van der Waals surface area contributed by atoms with Crippen LogP contribution in [0.15, 0.2) is 0 Å². The molecule has 0 saturated heterocycles. The van der Waals surface area contributed by atoms with Crippen molar-refractivity contribution in [2.75, 3.05) is 6.61 Å². The van der Waals surface area contributed by atoms with Crippen molar-refractivity contribution in [1.29, 1.82) is 0 Å². The Morgan fingerprint density at radius 2 is 1.58 bits per heavy atom. The Kier molecular flexibility index (Phi) is 15.4. The Balaban J connectivity index is 2.40. The monoisotopic (exact) mass is 446 g/mol. The van der Waals surface area contributed by atoms with E-state index in [0.29, 0.717) is 18.9 Å². The van der Waals surface area contributed by atoms with Gasteiger partial charge in [0.25, 0.3) is 0 Å². The molecule has 0 spiro atoms. The van der Waals surface area contributed by atoms with Gasteiger partial charge >= 0.3 is 11.9 Å². The summed E-state index contributed by atoms with van der Waals surface area (Å²) in [7, 11) is 0. The summed E-state index contributed by atoms with van der Waals surface area (Å²) < 4.78 is 32.5. The zero-order valence-corrected chi connectivity index (χ0v) is 20.2. The summed E-state index contributed by atoms with van der Waals surface area (Å²) >= 11 is 0. The minimum atomic E-state index is -3.57. The molecule has 5 heteroatoms. The number of rotatable bonds is 15. The minimum Gasteiger partial charge on any atom is -0.477 e. The molecule has 3 unspecified atom stereocenters. The first-order valence-corrected chi connectivity index (χ1v) is 13.1. The van der Waals surface area contributed by atoms with E-state index in [9.17, 15) is 13.6 Å². The quantitative estimate of drug-likeness (QED) is 0.257. The van der Waals surface area contributed by atoms with Crippen LogP contribution < -0.4 is 0 Å². The normalized spacial score (nSPS) is 22.2. The summed E-state index contributed by atoms with van der Waals surface area (Å²) in [4.78, 5) is 10.5. The Labute approximate surface area is 189 Å². The number of carboxylic acid groups (broad SMARTS) is 1. The third-order valence-corrected chi connectivity index (χ3v) is 7.01. The highest BCUT2D eigenvalue weighted by atomic mass is 19.3. The predicted octanol–water partition coefficient (Wildman–Crippen LogP) is 8.40. The fraction of sp³-hybridized carbons (Fsp3) is 0.962. The van der Waals surface area contributed by atoms with E-state index in [1.54, 1.807) is 0 Å². The molecule has 0 aromatic carbocycles. The number of hydrogen-bond donors (Lipinski definition) is 1. The van der Waals surface area contributed by atoms with E-state index in [1.807, 2.05) is 0 Å². The molecule has 0 aliphatic heterocycles. The second-order valence-corrected chi connectivity index (χ2v) is 9.69. The van der Waals surface area contributed by atoms with Crippen molar-refractivity contribution in [1.82, 2.24) is 0 Å². The number of aliphatic carboxylic acids is 1. The topological polar surface area (TPSA) is 46.5 Å². The highest BCUT2D eigenvalue weighted by molar-refractivity contribution is 5.75. The summed E-state index contributed by atoms with van der Waals surface area (Å²) in [5, 5.41) is 8.51. The Bertz CT molecular complexity index is 454. The van der Waals surface area contributed by atoms with Crippen LogP contribution in [0.1, 0.15) is 129 Å². The van der Waals surface area contributed by atoms with Crippen LogP contribution in [0.2, 0.25) is 0 Å². The number of carboxylic acids is 1. The SMILES string of the molecule is CCCCOC1CCCCCC(C(CCC)CCCCCCC(F)(F)C(=O)O)CCC1. The van der Waals surface area contributed by atoms with Gasteiger partial charge < -0.3 is 9.84 Å². The first kappa shape index (κ1) is 28.3. The van der Waals surface area contributed by atoms with Crippen LogP contribution in [-0.4, -0.2) is 29.7 Å². The molecule has 1 aliphatic carbocycles. The smallest absolute Gasteiger partial charge is 0.374 e. The molecule has 3 atom stereocenters. The number of ether oxygens (including phenoxy) is 1. The molecule has 1 fully saturated rings. The van der Waals surface area contributed by atoms with Gasteiger partial charge in [-0.1, -0.05) is 97.3 Å². The van der Waals surface area contributed by atoms with Gasteiger partial charge in [0, 0.05) is 13.0 Å². The maximum Gasteiger partial charge on any atom is 0.374 e. The lowest BCUT2D eigenvalue weighted by molar-refractivity contribution is -0.165. The number of carbonyl (C=O) groups is 1. The number of hydrogen-bond acceptors (Lipinski definition) is 2. The summed E-state index contributed by atoms with van der Waals surface area (Å²) in [6.45, 7) is 5.38. The molecule has 1 aliphatic rings. The van der Waals surface area contributed by atoms with Crippen molar-refractivity contribution >= 4 is 5.97 Å². The Hall–Kier alpha value is -0.710. The second-order valence-electron chi connectivity index (χ2n) is 9.69. The van der Waals surface area contributed by atoms with Crippen molar-refractivity contribution < 1.29 is 23.4 Å². The van der Waals surface area contributed by atoms with Crippen molar-refractivity contribution in [3.05, 3.63) is 0 Å². The van der Waals surface area contributed by atoms with E-state index in [4.69, 9.17) is 9.84 Å². The zero-order valence-electron chi connectivity index (χ0n) is 20.2. The highest BCUT2D eigenvalue weighted by Gasteiger charge is 2.37. The molecule has 0 aromatic rings. The van der Waals surface area contributed by atoms with Crippen LogP contribution >= 0.6 is 0 Å². The van der Waals surface area contributed by atoms with Crippen LogP contribution in [0.3, 0.4) is 0 Å². The molecule has 31 heavy (non-hydrogen) atoms. The van der Waals surface area contributed by atoms with Crippen molar-refractivity contribution in [3.8, 4) is 0 Å². The summed E-state index contributed by atoms with van der Waals surface area (Å²) in [6, 6.07) is 0. The predicted molar refractivity (Wildman–Crippen MR) is 124 cm³/mol. The molecule has 0 aromatic heterocycles. The molecule has 184 valence electrons. The largest absolute Gasteiger partial charge is 0.477 e. The average Bonchev–Trinajstić information content (AvgIpc) is 2.74. The third-order valence-electron chi connectivity index (χ3n) is 7.01. The molecule has 0 bridgehead atoms. The van der Waals surface area contributed by atoms with Crippen LogP contribution in [0.4, 0.5) is 8.78 Å². The van der Waals surface area contributed by atoms with Gasteiger partial charge in [-0.15, -0.1) is 0 Å². The van der Waals surface area contributed by atoms with E-state index >= 15 is 0 Å². The lowest BCUT2D eigenvalue weighted by Gasteiger charge is -2.29. The number of halogens is 2. The van der Waals surface area contributed by atoms with E-state index in [1.165, 1.54) is 77.0 Å². The first-order valence-electron chi connectivity index (χ1n) is 13.1. The number of alkyl halides is 2. The van der Waals surface area contributed by atoms with Gasteiger partial charge in [0.05, 0.1) is 6.10 Å². The maximum atomic E-state index is 13.2. The van der Waals surface area contributed by atoms with Crippen LogP contribution in [0.5, 0.6) is 0 Å². The van der Waals surface area contributed by atoms with Gasteiger partial charge in [-0.25, -0.2) is 4.79 Å². The molecule has 1 N–H and O–H groups in total. The minimum absolute atomic E-state index is 0.292. The Morgan fingerprint density at radius 1 is 0.903 bits per heavy atom. The van der Waals surface area contributed by atoms with E-state index in [0.717, 1.165) is 37.7 Å². The maximum absolute atomic E-state index is 13.2. The van der Waals surface area contributed by atoms with E-state index < -0.39 is 18.3 Å². The molecule has 0 radical (unpaired) electrons. The van der Waals surface area contributed by atoms with Gasteiger partial charge in [0.1, 0.15) is 0 Å². The fourth-order valence-electron chi connectivity index (χ4n) is 5.08. The number of unbranched alkanes of at least 4 members (excludes halogenated alkanes) is 4. The van der Waals surface area contributed by atoms with Gasteiger partial charge in [0.15, 0.2) is 0 Å².